The van der Waals surface area contributed by atoms with Crippen molar-refractivity contribution in [3.63, 3.8) is 0 Å². The molecule has 0 aliphatic carbocycles. The molecule has 17 heavy (non-hydrogen) atoms. The summed E-state index contributed by atoms with van der Waals surface area (Å²) < 4.78 is 0. The van der Waals surface area contributed by atoms with Gasteiger partial charge in [-0.25, -0.2) is 0 Å². The highest BCUT2D eigenvalue weighted by molar-refractivity contribution is 5.78. The monoisotopic (exact) mass is 234 g/mol. The van der Waals surface area contributed by atoms with Gasteiger partial charge in [0.1, 0.15) is 0 Å². The van der Waals surface area contributed by atoms with Crippen molar-refractivity contribution in [3.8, 4) is 0 Å². The van der Waals surface area contributed by atoms with Gasteiger partial charge in [0, 0.05) is 13.1 Å². The average Bonchev–Trinajstić information content (AvgIpc) is 2.29. The highest BCUT2D eigenvalue weighted by Gasteiger charge is 2.14. The lowest BCUT2D eigenvalue weighted by Gasteiger charge is -2.25. The first-order chi connectivity index (χ1) is 8.04. The number of nitrogens with zero attached hydrogens (tertiary/aromatic N) is 1. The first-order valence-electron chi connectivity index (χ1n) is 6.07. The van der Waals surface area contributed by atoms with Gasteiger partial charge in [0.15, 0.2) is 0 Å². The summed E-state index contributed by atoms with van der Waals surface area (Å²) in [5.41, 5.74) is 7.85. The van der Waals surface area contributed by atoms with Crippen molar-refractivity contribution < 1.29 is 4.79 Å². The normalized spacial score (nSPS) is 10.6. The Morgan fingerprint density at radius 1 is 1.35 bits per heavy atom. The summed E-state index contributed by atoms with van der Waals surface area (Å²) in [7, 11) is 0. The fourth-order valence-electron chi connectivity index (χ4n) is 1.82. The van der Waals surface area contributed by atoms with Crippen molar-refractivity contribution in [1.29, 1.82) is 0 Å². The van der Waals surface area contributed by atoms with E-state index in [1.165, 1.54) is 11.1 Å². The average molecular weight is 234 g/mol. The summed E-state index contributed by atoms with van der Waals surface area (Å²) >= 11 is 0. The molecule has 1 rings (SSSR count). The van der Waals surface area contributed by atoms with Gasteiger partial charge in [-0.2, -0.15) is 0 Å². The van der Waals surface area contributed by atoms with Crippen molar-refractivity contribution in [2.24, 2.45) is 11.7 Å². The summed E-state index contributed by atoms with van der Waals surface area (Å²) in [4.78, 5) is 13.6. The van der Waals surface area contributed by atoms with Crippen LogP contribution in [0.3, 0.4) is 0 Å². The number of carbonyl (C=O) groups is 1. The molecule has 0 aromatic heterocycles. The molecule has 0 heterocycles. The van der Waals surface area contributed by atoms with Crippen LogP contribution in [-0.2, 0) is 11.3 Å². The second-order valence-corrected chi connectivity index (χ2v) is 4.80. The van der Waals surface area contributed by atoms with Crippen molar-refractivity contribution in [3.05, 3.63) is 35.4 Å². The summed E-state index contributed by atoms with van der Waals surface area (Å²) in [6, 6.07) is 8.14. The number of rotatable bonds is 5. The van der Waals surface area contributed by atoms with Crippen molar-refractivity contribution in [1.82, 2.24) is 4.90 Å². The molecule has 0 radical (unpaired) electrons. The third-order valence-corrected chi connectivity index (χ3v) is 2.74. The third kappa shape index (κ3) is 4.19. The molecule has 0 aliphatic heterocycles. The summed E-state index contributed by atoms with van der Waals surface area (Å²) in [6.45, 7) is 7.77. The Labute approximate surface area is 104 Å². The SMILES string of the molecule is Cc1ccccc1CN(CC(C)C)C(=O)CN. The lowest BCUT2D eigenvalue weighted by molar-refractivity contribution is -0.130. The predicted molar refractivity (Wildman–Crippen MR) is 70.5 cm³/mol. The van der Waals surface area contributed by atoms with Crippen LogP contribution in [0.15, 0.2) is 24.3 Å². The second-order valence-electron chi connectivity index (χ2n) is 4.80. The zero-order valence-corrected chi connectivity index (χ0v) is 10.9. The standard InChI is InChI=1S/C14H22N2O/c1-11(2)9-16(14(17)8-15)10-13-7-5-4-6-12(13)3/h4-7,11H,8-10,15H2,1-3H3. The molecule has 3 nitrogen and oxygen atoms in total. The number of carbonyl (C=O) groups excluding carboxylic acids is 1. The Bertz CT molecular complexity index is 374. The van der Waals surface area contributed by atoms with E-state index in [-0.39, 0.29) is 12.5 Å². The number of benzene rings is 1. The number of hydrogen-bond donors (Lipinski definition) is 1. The third-order valence-electron chi connectivity index (χ3n) is 2.74. The Morgan fingerprint density at radius 2 is 2.00 bits per heavy atom. The van der Waals surface area contributed by atoms with Gasteiger partial charge < -0.3 is 10.6 Å². The van der Waals surface area contributed by atoms with E-state index in [4.69, 9.17) is 5.73 Å². The van der Waals surface area contributed by atoms with Gasteiger partial charge in [-0.3, -0.25) is 4.79 Å². The first-order valence-corrected chi connectivity index (χ1v) is 6.07. The molecule has 0 spiro atoms. The highest BCUT2D eigenvalue weighted by Crippen LogP contribution is 2.12. The Balaban J connectivity index is 2.79. The van der Waals surface area contributed by atoms with Crippen LogP contribution in [-0.4, -0.2) is 23.9 Å². The van der Waals surface area contributed by atoms with Gasteiger partial charge in [-0.15, -0.1) is 0 Å². The Morgan fingerprint density at radius 3 is 2.53 bits per heavy atom. The van der Waals surface area contributed by atoms with E-state index in [9.17, 15) is 4.79 Å². The highest BCUT2D eigenvalue weighted by atomic mass is 16.2. The molecule has 0 fully saturated rings. The fourth-order valence-corrected chi connectivity index (χ4v) is 1.82. The molecule has 2 N–H and O–H groups in total. The van der Waals surface area contributed by atoms with Gasteiger partial charge in [-0.05, 0) is 24.0 Å². The van der Waals surface area contributed by atoms with Crippen LogP contribution < -0.4 is 5.73 Å². The molecule has 0 bridgehead atoms. The quantitative estimate of drug-likeness (QED) is 0.846. The molecule has 0 unspecified atom stereocenters. The smallest absolute Gasteiger partial charge is 0.236 e. The zero-order valence-electron chi connectivity index (χ0n) is 10.9. The van der Waals surface area contributed by atoms with Crippen LogP contribution in [0.2, 0.25) is 0 Å². The fraction of sp³-hybridized carbons (Fsp3) is 0.500. The van der Waals surface area contributed by atoms with E-state index in [2.05, 4.69) is 32.9 Å². The van der Waals surface area contributed by atoms with Crippen molar-refractivity contribution in [2.45, 2.75) is 27.3 Å². The molecule has 1 amide bonds. The maximum atomic E-state index is 11.8. The van der Waals surface area contributed by atoms with E-state index in [1.54, 1.807) is 0 Å². The van der Waals surface area contributed by atoms with Gasteiger partial charge in [0.25, 0.3) is 0 Å². The lowest BCUT2D eigenvalue weighted by Crippen LogP contribution is -2.38. The maximum absolute atomic E-state index is 11.8. The molecule has 94 valence electrons. The molecular weight excluding hydrogens is 212 g/mol. The molecule has 1 aromatic carbocycles. The predicted octanol–water partition coefficient (Wildman–Crippen LogP) is 1.94. The minimum atomic E-state index is 0.0157. The van der Waals surface area contributed by atoms with Crippen LogP contribution in [0.25, 0.3) is 0 Å². The molecular formula is C14H22N2O. The topological polar surface area (TPSA) is 46.3 Å². The molecule has 1 aromatic rings. The van der Waals surface area contributed by atoms with E-state index in [0.717, 1.165) is 6.54 Å². The minimum Gasteiger partial charge on any atom is -0.337 e. The summed E-state index contributed by atoms with van der Waals surface area (Å²) in [5, 5.41) is 0. The first kappa shape index (κ1) is 13.7. The van der Waals surface area contributed by atoms with E-state index < -0.39 is 0 Å². The second kappa shape index (κ2) is 6.40. The van der Waals surface area contributed by atoms with E-state index in [1.807, 2.05) is 17.0 Å². The molecule has 0 aliphatic rings. The Kier molecular flexibility index (Phi) is 5.16. The summed E-state index contributed by atoms with van der Waals surface area (Å²) in [5.74, 6) is 0.469. The van der Waals surface area contributed by atoms with Crippen LogP contribution in [0, 0.1) is 12.8 Å². The van der Waals surface area contributed by atoms with Gasteiger partial charge >= 0.3 is 0 Å². The van der Waals surface area contributed by atoms with E-state index >= 15 is 0 Å². The Hall–Kier alpha value is -1.35. The molecule has 0 atom stereocenters. The van der Waals surface area contributed by atoms with Crippen LogP contribution in [0.1, 0.15) is 25.0 Å². The number of hydrogen-bond acceptors (Lipinski definition) is 2. The van der Waals surface area contributed by atoms with Gasteiger partial charge in [0.2, 0.25) is 5.91 Å². The van der Waals surface area contributed by atoms with Crippen LogP contribution in [0.5, 0.6) is 0 Å². The van der Waals surface area contributed by atoms with Crippen molar-refractivity contribution in [2.75, 3.05) is 13.1 Å². The van der Waals surface area contributed by atoms with E-state index in [0.29, 0.717) is 12.5 Å². The van der Waals surface area contributed by atoms with Crippen LogP contribution in [0.4, 0.5) is 0 Å². The molecule has 0 saturated carbocycles. The maximum Gasteiger partial charge on any atom is 0.236 e. The number of amides is 1. The number of aryl methyl sites for hydroxylation is 1. The largest absolute Gasteiger partial charge is 0.337 e. The number of nitrogens with two attached hydrogens (primary N) is 1. The van der Waals surface area contributed by atoms with Crippen LogP contribution >= 0.6 is 0 Å². The van der Waals surface area contributed by atoms with Gasteiger partial charge in [0.05, 0.1) is 6.54 Å². The lowest BCUT2D eigenvalue weighted by atomic mass is 10.1. The summed E-state index contributed by atoms with van der Waals surface area (Å²) in [6.07, 6.45) is 0. The molecule has 0 saturated heterocycles. The van der Waals surface area contributed by atoms with Crippen molar-refractivity contribution >= 4 is 5.91 Å². The van der Waals surface area contributed by atoms with Gasteiger partial charge in [-0.1, -0.05) is 38.1 Å². The minimum absolute atomic E-state index is 0.0157. The zero-order chi connectivity index (χ0) is 12.8. The molecule has 3 heteroatoms.